The first-order valence-electron chi connectivity index (χ1n) is 5.57. The van der Waals surface area contributed by atoms with Crippen molar-refractivity contribution in [3.63, 3.8) is 0 Å². The zero-order chi connectivity index (χ0) is 13.8. The molecule has 1 N–H and O–H groups in total. The van der Waals surface area contributed by atoms with Crippen molar-refractivity contribution in [3.8, 4) is 0 Å². The average molecular weight is 282 g/mol. The van der Waals surface area contributed by atoms with Crippen LogP contribution in [-0.2, 0) is 6.18 Å². The summed E-state index contributed by atoms with van der Waals surface area (Å²) in [6.07, 6.45) is -2.73. The van der Waals surface area contributed by atoms with E-state index in [1.807, 2.05) is 13.8 Å². The van der Waals surface area contributed by atoms with E-state index in [-0.39, 0.29) is 17.9 Å². The van der Waals surface area contributed by atoms with E-state index in [4.69, 9.17) is 11.6 Å². The van der Waals surface area contributed by atoms with Crippen molar-refractivity contribution in [2.75, 3.05) is 11.2 Å². The molecular weight excluding hydrogens is 267 g/mol. The molecule has 0 spiro atoms. The highest BCUT2D eigenvalue weighted by molar-refractivity contribution is 6.17. The van der Waals surface area contributed by atoms with Gasteiger partial charge < -0.3 is 5.32 Å². The molecular formula is C11H15ClF3N3. The molecule has 1 rings (SSSR count). The van der Waals surface area contributed by atoms with Gasteiger partial charge in [0.15, 0.2) is 0 Å². The number of hydrogen-bond acceptors (Lipinski definition) is 3. The molecule has 0 saturated carbocycles. The molecule has 0 saturated heterocycles. The molecule has 0 fully saturated rings. The van der Waals surface area contributed by atoms with Gasteiger partial charge in [-0.25, -0.2) is 9.97 Å². The Morgan fingerprint density at radius 2 is 2.06 bits per heavy atom. The first-order chi connectivity index (χ1) is 8.34. The quantitative estimate of drug-likeness (QED) is 0.839. The van der Waals surface area contributed by atoms with Gasteiger partial charge in [0.2, 0.25) is 5.95 Å². The Labute approximate surface area is 109 Å². The number of anilines is 1. The van der Waals surface area contributed by atoms with Crippen LogP contribution in [0.25, 0.3) is 0 Å². The molecule has 1 heterocycles. The molecule has 1 aromatic rings. The van der Waals surface area contributed by atoms with Gasteiger partial charge in [-0.1, -0.05) is 13.8 Å². The molecule has 3 nitrogen and oxygen atoms in total. The topological polar surface area (TPSA) is 37.8 Å². The van der Waals surface area contributed by atoms with E-state index in [9.17, 15) is 13.2 Å². The molecule has 0 bridgehead atoms. The summed E-state index contributed by atoms with van der Waals surface area (Å²) in [5.41, 5.74) is -0.951. The lowest BCUT2D eigenvalue weighted by atomic mass is 10.0. The highest BCUT2D eigenvalue weighted by Gasteiger charge is 2.33. The number of aromatic nitrogens is 2. The summed E-state index contributed by atoms with van der Waals surface area (Å²) in [6, 6.07) is 0.794. The number of halogens is 4. The van der Waals surface area contributed by atoms with E-state index in [0.29, 0.717) is 12.3 Å². The van der Waals surface area contributed by atoms with Crippen LogP contribution in [0.1, 0.15) is 26.0 Å². The fraction of sp³-hybridized carbons (Fsp3) is 0.636. The van der Waals surface area contributed by atoms with Crippen molar-refractivity contribution in [2.45, 2.75) is 32.5 Å². The zero-order valence-corrected chi connectivity index (χ0v) is 10.9. The molecule has 0 aliphatic rings. The van der Waals surface area contributed by atoms with Crippen LogP contribution in [0.5, 0.6) is 0 Å². The van der Waals surface area contributed by atoms with Crippen LogP contribution >= 0.6 is 11.6 Å². The Morgan fingerprint density at radius 1 is 1.39 bits per heavy atom. The maximum atomic E-state index is 12.5. The minimum atomic E-state index is -4.46. The lowest BCUT2D eigenvalue weighted by Crippen LogP contribution is -2.27. The molecule has 0 aliphatic heterocycles. The minimum Gasteiger partial charge on any atom is -0.351 e. The summed E-state index contributed by atoms with van der Waals surface area (Å²) >= 11 is 5.65. The Balaban J connectivity index is 2.83. The van der Waals surface area contributed by atoms with Crippen LogP contribution in [-0.4, -0.2) is 21.9 Å². The normalized spacial score (nSPS) is 13.7. The second-order valence-corrected chi connectivity index (χ2v) is 4.61. The van der Waals surface area contributed by atoms with E-state index in [2.05, 4.69) is 15.3 Å². The van der Waals surface area contributed by atoms with Gasteiger partial charge in [0.05, 0.1) is 0 Å². The number of rotatable bonds is 5. The van der Waals surface area contributed by atoms with Gasteiger partial charge in [-0.05, 0) is 18.4 Å². The van der Waals surface area contributed by atoms with Crippen molar-refractivity contribution in [1.82, 2.24) is 9.97 Å². The van der Waals surface area contributed by atoms with Crippen LogP contribution in [0, 0.1) is 5.92 Å². The third-order valence-electron chi connectivity index (χ3n) is 2.49. The summed E-state index contributed by atoms with van der Waals surface area (Å²) < 4.78 is 37.4. The van der Waals surface area contributed by atoms with Crippen LogP contribution in [0.15, 0.2) is 12.3 Å². The lowest BCUT2D eigenvalue weighted by molar-refractivity contribution is -0.141. The summed E-state index contributed by atoms with van der Waals surface area (Å²) in [5.74, 6) is 0.630. The highest BCUT2D eigenvalue weighted by atomic mass is 35.5. The number of nitrogens with one attached hydrogen (secondary N) is 1. The van der Waals surface area contributed by atoms with Crippen molar-refractivity contribution in [1.29, 1.82) is 0 Å². The van der Waals surface area contributed by atoms with Crippen LogP contribution in [0.2, 0.25) is 0 Å². The van der Waals surface area contributed by atoms with E-state index in [0.717, 1.165) is 12.3 Å². The molecule has 18 heavy (non-hydrogen) atoms. The highest BCUT2D eigenvalue weighted by Crippen LogP contribution is 2.27. The predicted octanol–water partition coefficient (Wildman–Crippen LogP) is 3.56. The molecule has 0 radical (unpaired) electrons. The maximum Gasteiger partial charge on any atom is 0.433 e. The third-order valence-corrected chi connectivity index (χ3v) is 2.70. The van der Waals surface area contributed by atoms with Crippen LogP contribution in [0.4, 0.5) is 19.1 Å². The summed E-state index contributed by atoms with van der Waals surface area (Å²) in [5, 5.41) is 2.89. The Morgan fingerprint density at radius 3 is 2.56 bits per heavy atom. The molecule has 1 aromatic heterocycles. The maximum absolute atomic E-state index is 12.5. The van der Waals surface area contributed by atoms with Gasteiger partial charge in [-0.15, -0.1) is 11.6 Å². The Bertz CT molecular complexity index is 382. The lowest BCUT2D eigenvalue weighted by Gasteiger charge is -2.21. The molecule has 0 aromatic carbocycles. The summed E-state index contributed by atoms with van der Waals surface area (Å²) in [7, 11) is 0. The third kappa shape index (κ3) is 4.33. The molecule has 0 aliphatic carbocycles. The predicted molar refractivity (Wildman–Crippen MR) is 64.6 cm³/mol. The van der Waals surface area contributed by atoms with Crippen LogP contribution in [0.3, 0.4) is 0 Å². The smallest absolute Gasteiger partial charge is 0.351 e. The molecule has 1 unspecified atom stereocenters. The summed E-state index contributed by atoms with van der Waals surface area (Å²) in [4.78, 5) is 7.25. The van der Waals surface area contributed by atoms with E-state index < -0.39 is 11.9 Å². The fourth-order valence-electron chi connectivity index (χ4n) is 1.44. The van der Waals surface area contributed by atoms with Gasteiger partial charge in [-0.2, -0.15) is 13.2 Å². The average Bonchev–Trinajstić information content (AvgIpc) is 2.27. The Hall–Kier alpha value is -1.04. The first-order valence-corrected chi connectivity index (χ1v) is 6.10. The van der Waals surface area contributed by atoms with E-state index in [1.165, 1.54) is 0 Å². The van der Waals surface area contributed by atoms with Gasteiger partial charge in [0, 0.05) is 18.1 Å². The van der Waals surface area contributed by atoms with Gasteiger partial charge in [0.1, 0.15) is 5.69 Å². The van der Waals surface area contributed by atoms with Crippen molar-refractivity contribution < 1.29 is 13.2 Å². The van der Waals surface area contributed by atoms with E-state index in [1.54, 1.807) is 0 Å². The fourth-order valence-corrected chi connectivity index (χ4v) is 1.68. The second-order valence-electron chi connectivity index (χ2n) is 4.24. The zero-order valence-electron chi connectivity index (χ0n) is 10.1. The Kier molecular flexibility index (Phi) is 5.19. The van der Waals surface area contributed by atoms with Gasteiger partial charge in [-0.3, -0.25) is 0 Å². The molecule has 0 amide bonds. The minimum absolute atomic E-state index is 0.0198. The van der Waals surface area contributed by atoms with Crippen molar-refractivity contribution in [3.05, 3.63) is 18.0 Å². The molecule has 102 valence electrons. The van der Waals surface area contributed by atoms with Crippen LogP contribution < -0.4 is 5.32 Å². The largest absolute Gasteiger partial charge is 0.433 e. The number of hydrogen-bond donors (Lipinski definition) is 1. The summed E-state index contributed by atoms with van der Waals surface area (Å²) in [6.45, 7) is 3.91. The number of nitrogens with zero attached hydrogens (tertiary/aromatic N) is 2. The van der Waals surface area contributed by atoms with E-state index >= 15 is 0 Å². The van der Waals surface area contributed by atoms with Crippen molar-refractivity contribution in [2.24, 2.45) is 5.92 Å². The second kappa shape index (κ2) is 6.22. The van der Waals surface area contributed by atoms with Crippen molar-refractivity contribution >= 4 is 17.5 Å². The van der Waals surface area contributed by atoms with Gasteiger partial charge in [0.25, 0.3) is 0 Å². The first kappa shape index (κ1) is 15.0. The SMILES string of the molecule is CC(C)C(CCCl)Nc1nccc(C(F)(F)F)n1. The standard InChI is InChI=1S/C11H15ClF3N3/c1-7(2)8(3-5-12)17-10-16-6-4-9(18-10)11(13,14)15/h4,6-8H,3,5H2,1-2H3,(H,16,17,18). The number of alkyl halides is 4. The van der Waals surface area contributed by atoms with Gasteiger partial charge >= 0.3 is 6.18 Å². The molecule has 7 heteroatoms. The molecule has 1 atom stereocenters. The monoisotopic (exact) mass is 281 g/mol.